The van der Waals surface area contributed by atoms with Crippen molar-refractivity contribution >= 4 is 22.9 Å². The van der Waals surface area contributed by atoms with Gasteiger partial charge in [-0.2, -0.15) is 0 Å². The summed E-state index contributed by atoms with van der Waals surface area (Å²) in [5.74, 6) is 0.0162. The molecule has 0 aliphatic heterocycles. The van der Waals surface area contributed by atoms with Crippen LogP contribution >= 0.6 is 11.3 Å². The molecule has 1 heterocycles. The number of anilines is 1. The third-order valence-electron chi connectivity index (χ3n) is 3.56. The standard InChI is InChI=1S/C17H22N2OS/c1-12-6-4-7-14(10-12)19-17(20)13(2)11-15(18-3)16-8-5-9-21-16/h4-10,13,15,18H,11H2,1-3H3,(H,19,20). The molecule has 0 aliphatic carbocycles. The van der Waals surface area contributed by atoms with E-state index in [9.17, 15) is 4.79 Å². The molecule has 0 spiro atoms. The smallest absolute Gasteiger partial charge is 0.227 e. The minimum atomic E-state index is -0.0509. The summed E-state index contributed by atoms with van der Waals surface area (Å²) in [6.45, 7) is 4.00. The van der Waals surface area contributed by atoms with E-state index in [1.165, 1.54) is 4.88 Å². The third kappa shape index (κ3) is 4.41. The van der Waals surface area contributed by atoms with E-state index in [-0.39, 0.29) is 17.9 Å². The summed E-state index contributed by atoms with van der Waals surface area (Å²) < 4.78 is 0. The van der Waals surface area contributed by atoms with Crippen molar-refractivity contribution in [2.75, 3.05) is 12.4 Å². The van der Waals surface area contributed by atoms with E-state index in [0.29, 0.717) is 0 Å². The quantitative estimate of drug-likeness (QED) is 0.847. The van der Waals surface area contributed by atoms with Crippen LogP contribution in [0.3, 0.4) is 0 Å². The molecule has 2 unspecified atom stereocenters. The maximum atomic E-state index is 12.3. The normalized spacial score (nSPS) is 13.7. The first-order chi connectivity index (χ1) is 10.1. The maximum absolute atomic E-state index is 12.3. The van der Waals surface area contributed by atoms with Crippen LogP contribution in [-0.2, 0) is 4.79 Å². The Balaban J connectivity index is 1.96. The van der Waals surface area contributed by atoms with Gasteiger partial charge in [-0.15, -0.1) is 11.3 Å². The molecule has 0 saturated carbocycles. The summed E-state index contributed by atoms with van der Waals surface area (Å²) in [4.78, 5) is 13.6. The second kappa shape index (κ2) is 7.38. The van der Waals surface area contributed by atoms with Crippen molar-refractivity contribution < 1.29 is 4.79 Å². The van der Waals surface area contributed by atoms with Crippen molar-refractivity contribution in [1.29, 1.82) is 0 Å². The van der Waals surface area contributed by atoms with Crippen LogP contribution in [0.15, 0.2) is 41.8 Å². The lowest BCUT2D eigenvalue weighted by Crippen LogP contribution is -2.26. The number of rotatable bonds is 6. The first-order valence-corrected chi connectivity index (χ1v) is 8.06. The van der Waals surface area contributed by atoms with E-state index in [4.69, 9.17) is 0 Å². The zero-order valence-corrected chi connectivity index (χ0v) is 13.5. The molecular formula is C17H22N2OS. The van der Waals surface area contributed by atoms with Crippen molar-refractivity contribution in [3.8, 4) is 0 Å². The van der Waals surface area contributed by atoms with Gasteiger partial charge in [0.25, 0.3) is 0 Å². The Morgan fingerprint density at radius 3 is 2.71 bits per heavy atom. The van der Waals surface area contributed by atoms with Gasteiger partial charge in [0.1, 0.15) is 0 Å². The number of hydrogen-bond acceptors (Lipinski definition) is 3. The minimum absolute atomic E-state index is 0.0509. The number of thiophene rings is 1. The highest BCUT2D eigenvalue weighted by Crippen LogP contribution is 2.25. The van der Waals surface area contributed by atoms with Gasteiger partial charge in [-0.3, -0.25) is 4.79 Å². The lowest BCUT2D eigenvalue weighted by atomic mass is 9.99. The molecule has 0 bridgehead atoms. The largest absolute Gasteiger partial charge is 0.326 e. The second-order valence-corrected chi connectivity index (χ2v) is 6.33. The Morgan fingerprint density at radius 1 is 1.29 bits per heavy atom. The molecule has 2 rings (SSSR count). The molecule has 2 atom stereocenters. The molecule has 0 radical (unpaired) electrons. The van der Waals surface area contributed by atoms with Crippen LogP contribution in [0.4, 0.5) is 5.69 Å². The number of benzene rings is 1. The SMILES string of the molecule is CNC(CC(C)C(=O)Nc1cccc(C)c1)c1cccs1. The fourth-order valence-electron chi connectivity index (χ4n) is 2.31. The Hall–Kier alpha value is -1.65. The van der Waals surface area contributed by atoms with E-state index in [2.05, 4.69) is 22.1 Å². The molecule has 4 heteroatoms. The number of carbonyl (C=O) groups is 1. The van der Waals surface area contributed by atoms with Gasteiger partial charge in [-0.25, -0.2) is 0 Å². The zero-order chi connectivity index (χ0) is 15.2. The van der Waals surface area contributed by atoms with E-state index in [0.717, 1.165) is 17.7 Å². The molecule has 0 fully saturated rings. The van der Waals surface area contributed by atoms with Crippen LogP contribution in [0.5, 0.6) is 0 Å². The average molecular weight is 302 g/mol. The molecule has 2 N–H and O–H groups in total. The first-order valence-electron chi connectivity index (χ1n) is 7.18. The molecule has 1 aromatic carbocycles. The lowest BCUT2D eigenvalue weighted by molar-refractivity contribution is -0.119. The van der Waals surface area contributed by atoms with E-state index < -0.39 is 0 Å². The highest BCUT2D eigenvalue weighted by molar-refractivity contribution is 7.10. The van der Waals surface area contributed by atoms with Crippen LogP contribution in [0.1, 0.15) is 29.8 Å². The zero-order valence-electron chi connectivity index (χ0n) is 12.7. The van der Waals surface area contributed by atoms with E-state index in [1.807, 2.05) is 51.2 Å². The van der Waals surface area contributed by atoms with Crippen LogP contribution in [0.25, 0.3) is 0 Å². The van der Waals surface area contributed by atoms with Gasteiger partial charge >= 0.3 is 0 Å². The van der Waals surface area contributed by atoms with E-state index in [1.54, 1.807) is 11.3 Å². The Bertz CT molecular complexity index is 580. The van der Waals surface area contributed by atoms with E-state index >= 15 is 0 Å². The Kier molecular flexibility index (Phi) is 5.53. The molecular weight excluding hydrogens is 280 g/mol. The first kappa shape index (κ1) is 15.7. The summed E-state index contributed by atoms with van der Waals surface area (Å²) in [6, 6.07) is 12.3. The Labute approximate surface area is 130 Å². The topological polar surface area (TPSA) is 41.1 Å². The fourth-order valence-corrected chi connectivity index (χ4v) is 3.16. The number of aryl methyl sites for hydroxylation is 1. The van der Waals surface area contributed by atoms with Gasteiger partial charge in [0.05, 0.1) is 0 Å². The summed E-state index contributed by atoms with van der Waals surface area (Å²) in [5.41, 5.74) is 2.01. The van der Waals surface area contributed by atoms with Crippen LogP contribution in [-0.4, -0.2) is 13.0 Å². The van der Waals surface area contributed by atoms with Crippen LogP contribution < -0.4 is 10.6 Å². The van der Waals surface area contributed by atoms with Crippen molar-refractivity contribution in [1.82, 2.24) is 5.32 Å². The summed E-state index contributed by atoms with van der Waals surface area (Å²) in [7, 11) is 1.94. The van der Waals surface area contributed by atoms with Gasteiger partial charge in [0.2, 0.25) is 5.91 Å². The van der Waals surface area contributed by atoms with Gasteiger partial charge in [0.15, 0.2) is 0 Å². The lowest BCUT2D eigenvalue weighted by Gasteiger charge is -2.19. The number of amides is 1. The van der Waals surface area contributed by atoms with Crippen molar-refractivity contribution in [2.45, 2.75) is 26.3 Å². The number of nitrogens with one attached hydrogen (secondary N) is 2. The molecule has 0 aliphatic rings. The second-order valence-electron chi connectivity index (χ2n) is 5.35. The van der Waals surface area contributed by atoms with Crippen molar-refractivity contribution in [2.24, 2.45) is 5.92 Å². The summed E-state index contributed by atoms with van der Waals surface area (Å²) in [6.07, 6.45) is 0.786. The summed E-state index contributed by atoms with van der Waals surface area (Å²) >= 11 is 1.72. The van der Waals surface area contributed by atoms with Gasteiger partial charge < -0.3 is 10.6 Å². The molecule has 2 aromatic rings. The van der Waals surface area contributed by atoms with Crippen LogP contribution in [0, 0.1) is 12.8 Å². The average Bonchev–Trinajstić information content (AvgIpc) is 2.98. The Morgan fingerprint density at radius 2 is 2.10 bits per heavy atom. The molecule has 3 nitrogen and oxygen atoms in total. The predicted molar refractivity (Wildman–Crippen MR) is 89.7 cm³/mol. The van der Waals surface area contributed by atoms with Crippen LogP contribution in [0.2, 0.25) is 0 Å². The molecule has 112 valence electrons. The highest BCUT2D eigenvalue weighted by Gasteiger charge is 2.20. The predicted octanol–water partition coefficient (Wildman–Crippen LogP) is 3.98. The highest BCUT2D eigenvalue weighted by atomic mass is 32.1. The molecule has 1 amide bonds. The maximum Gasteiger partial charge on any atom is 0.227 e. The molecule has 21 heavy (non-hydrogen) atoms. The van der Waals surface area contributed by atoms with Gasteiger partial charge in [-0.1, -0.05) is 25.1 Å². The van der Waals surface area contributed by atoms with Gasteiger partial charge in [-0.05, 0) is 49.5 Å². The van der Waals surface area contributed by atoms with Crippen molar-refractivity contribution in [3.05, 3.63) is 52.2 Å². The minimum Gasteiger partial charge on any atom is -0.326 e. The summed E-state index contributed by atoms with van der Waals surface area (Å²) in [5, 5.41) is 8.35. The molecule has 1 aromatic heterocycles. The fraction of sp³-hybridized carbons (Fsp3) is 0.353. The number of carbonyl (C=O) groups excluding carboxylic acids is 1. The third-order valence-corrected chi connectivity index (χ3v) is 4.54. The van der Waals surface area contributed by atoms with Crippen molar-refractivity contribution in [3.63, 3.8) is 0 Å². The molecule has 0 saturated heterocycles. The monoisotopic (exact) mass is 302 g/mol. The number of hydrogen-bond donors (Lipinski definition) is 2. The van der Waals surface area contributed by atoms with Gasteiger partial charge in [0, 0.05) is 22.5 Å².